The number of amides is 1. The van der Waals surface area contributed by atoms with E-state index in [-0.39, 0.29) is 28.6 Å². The maximum absolute atomic E-state index is 14.0. The molecule has 3 unspecified atom stereocenters. The minimum absolute atomic E-state index is 0.0516. The summed E-state index contributed by atoms with van der Waals surface area (Å²) in [6.45, 7) is 9.10. The number of nitrogens with one attached hydrogen (secondary N) is 1. The fourth-order valence-electron chi connectivity index (χ4n) is 5.40. The molecule has 2 aromatic carbocycles. The van der Waals surface area contributed by atoms with E-state index >= 15 is 0 Å². The number of aryl methyl sites for hydroxylation is 1. The molecule has 0 saturated heterocycles. The average molecular weight is 661 g/mol. The van der Waals surface area contributed by atoms with Gasteiger partial charge in [-0.3, -0.25) is 9.59 Å². The molecule has 0 spiro atoms. The standard InChI is InChI=1S/C30H38BrN5O5S/c1-18(2)24-15-10-19(3)16-27(24)41-28(37)17-35(29-20(4)36(32)21(5)33-29)42(39,40)23-13-11-22(12-14-23)34-30(38)25-8-6-7-9-26(25)31/h6-9,11-14,18-19,24,27H,10,15-17,32H2,1-5H3,(H,34,38). The molecule has 1 aromatic heterocycles. The zero-order chi connectivity index (χ0) is 30.8. The van der Waals surface area contributed by atoms with Gasteiger partial charge in [0.25, 0.3) is 15.9 Å². The van der Waals surface area contributed by atoms with Gasteiger partial charge in [0, 0.05) is 10.2 Å². The number of nitrogen functional groups attached to an aromatic ring is 1. The first-order valence-electron chi connectivity index (χ1n) is 14.0. The monoisotopic (exact) mass is 659 g/mol. The van der Waals surface area contributed by atoms with Crippen LogP contribution in [0.25, 0.3) is 0 Å². The second-order valence-corrected chi connectivity index (χ2v) is 14.0. The molecule has 42 heavy (non-hydrogen) atoms. The summed E-state index contributed by atoms with van der Waals surface area (Å²) < 4.78 is 36.8. The zero-order valence-corrected chi connectivity index (χ0v) is 26.9. The maximum atomic E-state index is 14.0. The van der Waals surface area contributed by atoms with Crippen molar-refractivity contribution < 1.29 is 22.7 Å². The molecule has 1 aliphatic rings. The lowest BCUT2D eigenvalue weighted by atomic mass is 9.75. The van der Waals surface area contributed by atoms with E-state index < -0.39 is 22.5 Å². The molecular weight excluding hydrogens is 622 g/mol. The van der Waals surface area contributed by atoms with Gasteiger partial charge in [0.2, 0.25) is 0 Å². The Morgan fingerprint density at radius 2 is 1.81 bits per heavy atom. The fraction of sp³-hybridized carbons (Fsp3) is 0.433. The number of benzene rings is 2. The lowest BCUT2D eigenvalue weighted by Gasteiger charge is -2.37. The van der Waals surface area contributed by atoms with Crippen molar-refractivity contribution in [3.05, 3.63) is 70.1 Å². The van der Waals surface area contributed by atoms with Gasteiger partial charge in [-0.15, -0.1) is 0 Å². The van der Waals surface area contributed by atoms with Crippen molar-refractivity contribution in [3.63, 3.8) is 0 Å². The van der Waals surface area contributed by atoms with Gasteiger partial charge in [-0.2, -0.15) is 0 Å². The summed E-state index contributed by atoms with van der Waals surface area (Å²) in [5.74, 6) is 6.47. The number of aromatic nitrogens is 2. The number of hydrogen-bond acceptors (Lipinski definition) is 7. The highest BCUT2D eigenvalue weighted by Crippen LogP contribution is 2.36. The van der Waals surface area contributed by atoms with Gasteiger partial charge < -0.3 is 15.9 Å². The minimum Gasteiger partial charge on any atom is -0.461 e. The summed E-state index contributed by atoms with van der Waals surface area (Å²) in [6, 6.07) is 12.7. The largest absolute Gasteiger partial charge is 0.461 e. The van der Waals surface area contributed by atoms with Crippen LogP contribution in [0.1, 0.15) is 61.9 Å². The molecule has 0 radical (unpaired) electrons. The number of esters is 1. The number of ether oxygens (including phenoxy) is 1. The van der Waals surface area contributed by atoms with Crippen LogP contribution in [0.5, 0.6) is 0 Å². The molecule has 1 aliphatic carbocycles. The summed E-state index contributed by atoms with van der Waals surface area (Å²) in [5.41, 5.74) is 1.23. The van der Waals surface area contributed by atoms with Crippen LogP contribution < -0.4 is 15.5 Å². The van der Waals surface area contributed by atoms with Gasteiger partial charge in [-0.1, -0.05) is 39.3 Å². The quantitative estimate of drug-likeness (QED) is 0.231. The number of sulfonamides is 1. The number of anilines is 2. The van der Waals surface area contributed by atoms with Crippen LogP contribution in [-0.4, -0.2) is 42.6 Å². The number of hydrogen-bond donors (Lipinski definition) is 2. The van der Waals surface area contributed by atoms with Crippen molar-refractivity contribution in [1.29, 1.82) is 0 Å². The Kier molecular flexibility index (Phi) is 9.67. The van der Waals surface area contributed by atoms with Gasteiger partial charge in [-0.25, -0.2) is 22.4 Å². The van der Waals surface area contributed by atoms with Crippen molar-refractivity contribution in [2.45, 2.75) is 64.9 Å². The fourth-order valence-corrected chi connectivity index (χ4v) is 7.28. The Labute approximate surface area is 255 Å². The second-order valence-electron chi connectivity index (χ2n) is 11.3. The molecule has 1 heterocycles. The highest BCUT2D eigenvalue weighted by atomic mass is 79.9. The number of nitrogens with zero attached hydrogens (tertiary/aromatic N) is 3. The van der Waals surface area contributed by atoms with E-state index in [1.165, 1.54) is 28.9 Å². The van der Waals surface area contributed by atoms with Gasteiger partial charge in [0.1, 0.15) is 18.5 Å². The lowest BCUT2D eigenvalue weighted by molar-refractivity contribution is -0.153. The Hall–Kier alpha value is -3.38. The highest BCUT2D eigenvalue weighted by molar-refractivity contribution is 9.10. The molecule has 1 saturated carbocycles. The SMILES string of the molecule is Cc1nc(N(CC(=O)OC2CC(C)CCC2C(C)C)S(=O)(=O)c2ccc(NC(=O)c3ccccc3Br)cc2)c(C)n1N. The molecule has 0 aliphatic heterocycles. The van der Waals surface area contributed by atoms with Crippen molar-refractivity contribution >= 4 is 49.3 Å². The average Bonchev–Trinajstić information content (AvgIpc) is 3.18. The number of carbonyl (C=O) groups excluding carboxylic acids is 2. The smallest absolute Gasteiger partial charge is 0.327 e. The minimum atomic E-state index is -4.28. The summed E-state index contributed by atoms with van der Waals surface area (Å²) >= 11 is 3.36. The second kappa shape index (κ2) is 12.9. The van der Waals surface area contributed by atoms with E-state index in [1.807, 2.05) is 0 Å². The summed E-state index contributed by atoms with van der Waals surface area (Å²) in [4.78, 5) is 30.3. The number of nitrogens with two attached hydrogens (primary N) is 1. The van der Waals surface area contributed by atoms with Crippen LogP contribution in [0.2, 0.25) is 0 Å². The van der Waals surface area contributed by atoms with Gasteiger partial charge >= 0.3 is 5.97 Å². The first-order valence-corrected chi connectivity index (χ1v) is 16.2. The van der Waals surface area contributed by atoms with E-state index in [4.69, 9.17) is 10.6 Å². The predicted octanol–water partition coefficient (Wildman–Crippen LogP) is 5.43. The van der Waals surface area contributed by atoms with Gasteiger partial charge in [0.05, 0.1) is 16.2 Å². The van der Waals surface area contributed by atoms with Crippen LogP contribution in [0, 0.1) is 31.6 Å². The predicted molar refractivity (Wildman–Crippen MR) is 166 cm³/mol. The van der Waals surface area contributed by atoms with Crippen LogP contribution >= 0.6 is 15.9 Å². The molecule has 4 rings (SSSR count). The van der Waals surface area contributed by atoms with Gasteiger partial charge in [0.15, 0.2) is 5.82 Å². The van der Waals surface area contributed by atoms with Crippen LogP contribution in [0.3, 0.4) is 0 Å². The molecule has 3 atom stereocenters. The van der Waals surface area contributed by atoms with E-state index in [1.54, 1.807) is 38.1 Å². The van der Waals surface area contributed by atoms with Crippen molar-refractivity contribution in [1.82, 2.24) is 9.66 Å². The summed E-state index contributed by atoms with van der Waals surface area (Å²) in [6.07, 6.45) is 2.49. The molecule has 3 aromatic rings. The first-order chi connectivity index (χ1) is 19.8. The van der Waals surface area contributed by atoms with E-state index in [0.29, 0.717) is 39.1 Å². The van der Waals surface area contributed by atoms with Crippen molar-refractivity contribution in [2.24, 2.45) is 17.8 Å². The molecule has 0 bridgehead atoms. The molecule has 10 nitrogen and oxygen atoms in total. The third-order valence-electron chi connectivity index (χ3n) is 7.87. The van der Waals surface area contributed by atoms with Crippen molar-refractivity contribution in [3.8, 4) is 0 Å². The number of carbonyl (C=O) groups is 2. The van der Waals surface area contributed by atoms with Crippen molar-refractivity contribution in [2.75, 3.05) is 22.0 Å². The lowest BCUT2D eigenvalue weighted by Crippen LogP contribution is -2.41. The first kappa shape index (κ1) is 31.6. The molecule has 3 N–H and O–H groups in total. The molecule has 12 heteroatoms. The molecule has 1 fully saturated rings. The number of halogens is 1. The highest BCUT2D eigenvalue weighted by Gasteiger charge is 2.36. The van der Waals surface area contributed by atoms with E-state index in [2.05, 4.69) is 47.0 Å². The normalized spacial score (nSPS) is 19.0. The van der Waals surface area contributed by atoms with Crippen LogP contribution in [0.4, 0.5) is 11.5 Å². The number of imidazole rings is 1. The molecular formula is C30H38BrN5O5S. The third kappa shape index (κ3) is 6.81. The van der Waals surface area contributed by atoms with Gasteiger partial charge in [-0.05, 0) is 96.8 Å². The summed E-state index contributed by atoms with van der Waals surface area (Å²) in [5, 5.41) is 2.77. The third-order valence-corrected chi connectivity index (χ3v) is 10.3. The van der Waals surface area contributed by atoms with E-state index in [9.17, 15) is 18.0 Å². The Balaban J connectivity index is 1.60. The maximum Gasteiger partial charge on any atom is 0.327 e. The Morgan fingerprint density at radius 1 is 1.14 bits per heavy atom. The Bertz CT molecular complexity index is 1550. The summed E-state index contributed by atoms with van der Waals surface area (Å²) in [7, 11) is -4.28. The number of rotatable bonds is 9. The van der Waals surface area contributed by atoms with Crippen LogP contribution in [0.15, 0.2) is 57.9 Å². The molecule has 226 valence electrons. The Morgan fingerprint density at radius 3 is 2.40 bits per heavy atom. The topological polar surface area (TPSA) is 137 Å². The zero-order valence-electron chi connectivity index (χ0n) is 24.5. The van der Waals surface area contributed by atoms with E-state index in [0.717, 1.165) is 23.6 Å². The van der Waals surface area contributed by atoms with Crippen LogP contribution in [-0.2, 0) is 19.6 Å². The molecule has 1 amide bonds.